The number of ether oxygens (including phenoxy) is 2. The maximum atomic E-state index is 15.9. The number of benzene rings is 3. The van der Waals surface area contributed by atoms with Crippen molar-refractivity contribution in [3.05, 3.63) is 117 Å². The molecule has 16 nitrogen and oxygen atoms in total. The number of H-pyrrole nitrogens is 1. The van der Waals surface area contributed by atoms with Gasteiger partial charge in [0.1, 0.15) is 17.8 Å². The van der Waals surface area contributed by atoms with Gasteiger partial charge in [-0.15, -0.1) is 0 Å². The lowest BCUT2D eigenvalue weighted by Crippen LogP contribution is -2.48. The molecule has 2 N–H and O–H groups in total. The number of piperazine rings is 1. The molecule has 3 aliphatic heterocycles. The maximum Gasteiger partial charge on any atom is 0.312 e. The minimum atomic E-state index is -4.69. The van der Waals surface area contributed by atoms with Crippen molar-refractivity contribution in [3.63, 3.8) is 0 Å². The first-order valence-electron chi connectivity index (χ1n) is 23.5. The molecule has 4 aliphatic rings. The van der Waals surface area contributed by atoms with Gasteiger partial charge in [-0.05, 0) is 110 Å². The zero-order valence-corrected chi connectivity index (χ0v) is 40.2. The fraction of sp³-hybridized carbons (Fsp3) is 0.420. The zero-order valence-electron chi connectivity index (χ0n) is 38.6. The highest BCUT2D eigenvalue weighted by atomic mass is 35.5. The molecule has 1 atom stereocenters. The van der Waals surface area contributed by atoms with Gasteiger partial charge in [-0.2, -0.15) is 0 Å². The highest BCUT2D eigenvalue weighted by Gasteiger charge is 2.39. The molecule has 1 amide bonds. The van der Waals surface area contributed by atoms with Crippen LogP contribution in [0.15, 0.2) is 95.7 Å². The molecular formula is C50H55ClFN9O7S. The zero-order chi connectivity index (χ0) is 48.1. The molecule has 3 aromatic carbocycles. The highest BCUT2D eigenvalue weighted by Crippen LogP contribution is 2.44. The third-order valence-corrected chi connectivity index (χ3v) is 15.9. The largest absolute Gasteiger partial charge is 0.483 e. The Kier molecular flexibility index (Phi) is 12.7. The Labute approximate surface area is 404 Å². The van der Waals surface area contributed by atoms with Crippen LogP contribution in [0.1, 0.15) is 68.3 Å². The van der Waals surface area contributed by atoms with Gasteiger partial charge in [-0.25, -0.2) is 27.5 Å². The number of halogens is 2. The topological polar surface area (TPSA) is 181 Å². The van der Waals surface area contributed by atoms with Gasteiger partial charge < -0.3 is 14.4 Å². The lowest BCUT2D eigenvalue weighted by Gasteiger charge is -2.39. The molecule has 19 heteroatoms. The number of anilines is 1. The summed E-state index contributed by atoms with van der Waals surface area (Å²) in [4.78, 5) is 41.2. The molecule has 10 rings (SSSR count). The number of hydrogen-bond donors (Lipinski definition) is 2. The number of nitrogens with zero attached hydrogens (tertiary/aromatic N) is 7. The molecule has 362 valence electrons. The second-order valence-corrected chi connectivity index (χ2v) is 21.7. The molecule has 1 aliphatic carbocycles. The van der Waals surface area contributed by atoms with E-state index in [0.29, 0.717) is 61.8 Å². The maximum absolute atomic E-state index is 15.9. The van der Waals surface area contributed by atoms with Crippen LogP contribution in [0.4, 0.5) is 15.8 Å². The molecule has 0 spiro atoms. The minimum absolute atomic E-state index is 0.0199. The SMILES string of the molecule is CC1(C)CCC(CN2CCN(c3ccc(C(=O)NS(=O)(=O)c4ccc(OCC5(F)CCN(C6CCOC6)CC5)c([N+](=O)[O-])c4)c(-n4[nH]cc5nc6nccc6cc54)c3)CC2)=C(c2ccc(Cl)cc2)C1. The third-order valence-electron chi connectivity index (χ3n) is 14.3. The van der Waals surface area contributed by atoms with E-state index in [4.69, 9.17) is 21.1 Å². The Balaban J connectivity index is 0.879. The summed E-state index contributed by atoms with van der Waals surface area (Å²) in [6, 6.07) is 20.4. The number of alkyl halides is 1. The Morgan fingerprint density at radius 2 is 1.80 bits per heavy atom. The number of carbonyl (C=O) groups is 1. The summed E-state index contributed by atoms with van der Waals surface area (Å²) < 4.78 is 58.8. The van der Waals surface area contributed by atoms with E-state index in [1.165, 1.54) is 16.7 Å². The number of nitrogens with one attached hydrogen (secondary N) is 2. The van der Waals surface area contributed by atoms with Crippen LogP contribution in [0.3, 0.4) is 0 Å². The van der Waals surface area contributed by atoms with Crippen LogP contribution >= 0.6 is 11.6 Å². The van der Waals surface area contributed by atoms with Crippen molar-refractivity contribution in [2.75, 3.05) is 70.5 Å². The molecule has 69 heavy (non-hydrogen) atoms. The van der Waals surface area contributed by atoms with Crippen molar-refractivity contribution < 1.29 is 32.0 Å². The van der Waals surface area contributed by atoms with Crippen molar-refractivity contribution in [2.24, 2.45) is 5.41 Å². The predicted octanol–water partition coefficient (Wildman–Crippen LogP) is 8.34. The number of carbonyl (C=O) groups excluding carboxylic acids is 1. The number of allylic oxidation sites excluding steroid dienone is 1. The Morgan fingerprint density at radius 1 is 1.01 bits per heavy atom. The van der Waals surface area contributed by atoms with Crippen LogP contribution in [0.5, 0.6) is 5.75 Å². The van der Waals surface area contributed by atoms with E-state index in [1.54, 1.807) is 29.2 Å². The number of aromatic amines is 1. The third kappa shape index (κ3) is 9.95. The van der Waals surface area contributed by atoms with Crippen molar-refractivity contribution in [1.29, 1.82) is 0 Å². The van der Waals surface area contributed by atoms with Crippen LogP contribution in [0.25, 0.3) is 33.3 Å². The number of hydrogen-bond acceptors (Lipinski definition) is 12. The monoisotopic (exact) mass is 979 g/mol. The second kappa shape index (κ2) is 18.8. The number of likely N-dealkylation sites (tertiary alicyclic amines) is 1. The molecule has 6 aromatic rings. The van der Waals surface area contributed by atoms with Gasteiger partial charge in [0, 0.05) is 93.0 Å². The first-order chi connectivity index (χ1) is 33.1. The van der Waals surface area contributed by atoms with Crippen LogP contribution in [-0.4, -0.2) is 126 Å². The van der Waals surface area contributed by atoms with Crippen LogP contribution < -0.4 is 14.4 Å². The summed E-state index contributed by atoms with van der Waals surface area (Å²) in [7, 11) is -4.69. The number of sulfonamides is 1. The van der Waals surface area contributed by atoms with Gasteiger partial charge in [0.15, 0.2) is 11.4 Å². The van der Waals surface area contributed by atoms with Crippen LogP contribution in [-0.2, 0) is 14.8 Å². The van der Waals surface area contributed by atoms with Crippen molar-refractivity contribution in [3.8, 4) is 11.4 Å². The Morgan fingerprint density at radius 3 is 2.54 bits per heavy atom. The van der Waals surface area contributed by atoms with Gasteiger partial charge in [0.05, 0.1) is 33.2 Å². The molecule has 0 saturated carbocycles. The van der Waals surface area contributed by atoms with Gasteiger partial charge >= 0.3 is 5.69 Å². The molecule has 0 bridgehead atoms. The van der Waals surface area contributed by atoms with E-state index < -0.39 is 43.7 Å². The Hall–Kier alpha value is -5.92. The fourth-order valence-corrected chi connectivity index (χ4v) is 11.3. The average Bonchev–Trinajstić information content (AvgIpc) is 4.13. The van der Waals surface area contributed by atoms with E-state index in [2.05, 4.69) is 60.5 Å². The van der Waals surface area contributed by atoms with E-state index in [0.717, 1.165) is 79.6 Å². The standard InChI is InChI=1S/C50H55ClFN9O7S/c1-49(2)14-11-35(41(28-49)33-3-5-36(51)6-4-33)30-57-20-22-59(23-21-57)37-7-9-40(43(26-37)60-44-25-34-12-17-53-47(34)55-42(44)29-54-60)48(62)56-69(65,66)39-8-10-46(45(27-39)61(63)64)68-32-50(52)15-18-58(19-16-50)38-13-24-67-31-38/h3-10,12,17,25-27,29,38,54H,11,13-16,18-24,28,30-32H2,1-2H3,(H,56,62). The first kappa shape index (κ1) is 46.8. The number of amides is 1. The molecule has 1 unspecified atom stereocenters. The number of nitro benzene ring substituents is 1. The predicted molar refractivity (Wildman–Crippen MR) is 262 cm³/mol. The lowest BCUT2D eigenvalue weighted by molar-refractivity contribution is -0.386. The van der Waals surface area contributed by atoms with Gasteiger partial charge in [0.25, 0.3) is 15.9 Å². The number of piperidine rings is 1. The van der Waals surface area contributed by atoms with E-state index >= 15 is 4.39 Å². The Bertz CT molecular complexity index is 3060. The van der Waals surface area contributed by atoms with Crippen LogP contribution in [0, 0.1) is 15.5 Å². The first-order valence-corrected chi connectivity index (χ1v) is 25.4. The smallest absolute Gasteiger partial charge is 0.312 e. The number of aromatic nitrogens is 4. The molecular weight excluding hydrogens is 925 g/mol. The van der Waals surface area contributed by atoms with Gasteiger partial charge in [-0.3, -0.25) is 34.5 Å². The van der Waals surface area contributed by atoms with Crippen molar-refractivity contribution >= 4 is 66.5 Å². The number of rotatable bonds is 13. The van der Waals surface area contributed by atoms with Gasteiger partial charge in [0.2, 0.25) is 0 Å². The van der Waals surface area contributed by atoms with E-state index in [-0.39, 0.29) is 35.6 Å². The van der Waals surface area contributed by atoms with Crippen LogP contribution in [0.2, 0.25) is 5.02 Å². The summed E-state index contributed by atoms with van der Waals surface area (Å²) in [6.07, 6.45) is 7.77. The summed E-state index contributed by atoms with van der Waals surface area (Å²) in [5.41, 5.74) is 4.88. The summed E-state index contributed by atoms with van der Waals surface area (Å²) in [6.45, 7) is 10.4. The minimum Gasteiger partial charge on any atom is -0.483 e. The van der Waals surface area contributed by atoms with E-state index in [9.17, 15) is 23.3 Å². The molecule has 0 radical (unpaired) electrons. The van der Waals surface area contributed by atoms with Gasteiger partial charge in [-0.1, -0.05) is 43.2 Å². The molecule has 3 fully saturated rings. The highest BCUT2D eigenvalue weighted by molar-refractivity contribution is 7.90. The number of fused-ring (bicyclic) bond motifs is 2. The van der Waals surface area contributed by atoms with Crippen molar-refractivity contribution in [1.82, 2.24) is 34.3 Å². The molecule has 6 heterocycles. The average molecular weight is 981 g/mol. The molecule has 3 aromatic heterocycles. The fourth-order valence-electron chi connectivity index (χ4n) is 10.2. The lowest BCUT2D eigenvalue weighted by atomic mass is 9.72. The summed E-state index contributed by atoms with van der Waals surface area (Å²) >= 11 is 6.26. The number of pyridine rings is 1. The normalized spacial score (nSPS) is 20.2. The number of nitro groups is 1. The molecule has 3 saturated heterocycles. The van der Waals surface area contributed by atoms with Crippen molar-refractivity contribution in [2.45, 2.75) is 69.0 Å². The summed E-state index contributed by atoms with van der Waals surface area (Å²) in [5.74, 6) is -1.23. The summed E-state index contributed by atoms with van der Waals surface area (Å²) in [5, 5.41) is 17.0. The second-order valence-electron chi connectivity index (χ2n) is 19.6. The van der Waals surface area contributed by atoms with E-state index in [1.807, 2.05) is 30.3 Å². The quantitative estimate of drug-likeness (QED) is 0.0836.